The van der Waals surface area contributed by atoms with Crippen molar-refractivity contribution in [2.24, 2.45) is 0 Å². The number of amides is 1. The zero-order valence-electron chi connectivity index (χ0n) is 11.7. The molecule has 6 nitrogen and oxygen atoms in total. The molecule has 1 aliphatic heterocycles. The second-order valence-electron chi connectivity index (χ2n) is 4.90. The maximum absolute atomic E-state index is 12.2. The van der Waals surface area contributed by atoms with Gasteiger partial charge < -0.3 is 14.2 Å². The van der Waals surface area contributed by atoms with E-state index in [1.165, 1.54) is 0 Å². The van der Waals surface area contributed by atoms with Crippen molar-refractivity contribution in [1.29, 1.82) is 0 Å². The SMILES string of the molecule is O=C(CCn1c(CCl)nc2cccnc21)N1CCOCC1. The van der Waals surface area contributed by atoms with Crippen molar-refractivity contribution in [2.45, 2.75) is 18.8 Å². The lowest BCUT2D eigenvalue weighted by atomic mass is 10.3. The van der Waals surface area contributed by atoms with Crippen LogP contribution in [0.1, 0.15) is 12.2 Å². The predicted octanol–water partition coefficient (Wildman–Crippen LogP) is 1.42. The molecule has 0 atom stereocenters. The number of pyridine rings is 1. The second-order valence-corrected chi connectivity index (χ2v) is 5.17. The van der Waals surface area contributed by atoms with E-state index >= 15 is 0 Å². The Bertz CT molecular complexity index is 637. The van der Waals surface area contributed by atoms with Gasteiger partial charge in [0.25, 0.3) is 0 Å². The summed E-state index contributed by atoms with van der Waals surface area (Å²) in [5.41, 5.74) is 1.59. The van der Waals surface area contributed by atoms with Crippen molar-refractivity contribution in [1.82, 2.24) is 19.4 Å². The van der Waals surface area contributed by atoms with Crippen LogP contribution in [0.4, 0.5) is 0 Å². The van der Waals surface area contributed by atoms with Gasteiger partial charge in [0, 0.05) is 32.3 Å². The highest BCUT2D eigenvalue weighted by molar-refractivity contribution is 6.16. The Morgan fingerprint density at radius 3 is 2.95 bits per heavy atom. The van der Waals surface area contributed by atoms with Gasteiger partial charge in [-0.15, -0.1) is 11.6 Å². The average Bonchev–Trinajstić information content (AvgIpc) is 2.91. The maximum atomic E-state index is 12.2. The topological polar surface area (TPSA) is 60.2 Å². The largest absolute Gasteiger partial charge is 0.378 e. The van der Waals surface area contributed by atoms with E-state index in [0.717, 1.165) is 17.0 Å². The number of hydrogen-bond donors (Lipinski definition) is 0. The summed E-state index contributed by atoms with van der Waals surface area (Å²) in [4.78, 5) is 22.8. The minimum absolute atomic E-state index is 0.136. The average molecular weight is 309 g/mol. The van der Waals surface area contributed by atoms with Crippen LogP contribution in [0.3, 0.4) is 0 Å². The zero-order valence-corrected chi connectivity index (χ0v) is 12.4. The van der Waals surface area contributed by atoms with Gasteiger partial charge in [0.05, 0.1) is 19.1 Å². The lowest BCUT2D eigenvalue weighted by Crippen LogP contribution is -2.41. The van der Waals surface area contributed by atoms with E-state index in [0.29, 0.717) is 45.1 Å². The molecule has 1 fully saturated rings. The van der Waals surface area contributed by atoms with E-state index in [-0.39, 0.29) is 5.91 Å². The van der Waals surface area contributed by atoms with E-state index in [1.807, 2.05) is 21.6 Å². The van der Waals surface area contributed by atoms with Crippen LogP contribution in [-0.4, -0.2) is 51.6 Å². The Hall–Kier alpha value is -1.66. The van der Waals surface area contributed by atoms with Gasteiger partial charge >= 0.3 is 0 Å². The molecule has 0 unspecified atom stereocenters. The van der Waals surface area contributed by atoms with Crippen LogP contribution < -0.4 is 0 Å². The van der Waals surface area contributed by atoms with Gasteiger partial charge in [0.15, 0.2) is 5.65 Å². The molecule has 3 heterocycles. The second kappa shape index (κ2) is 6.41. The number of morpholine rings is 1. The third-order valence-corrected chi connectivity index (χ3v) is 3.85. The number of alkyl halides is 1. The summed E-state index contributed by atoms with van der Waals surface area (Å²) < 4.78 is 7.19. The summed E-state index contributed by atoms with van der Waals surface area (Å²) in [5, 5.41) is 0. The number of imidazole rings is 1. The van der Waals surface area contributed by atoms with Gasteiger partial charge in [-0.25, -0.2) is 9.97 Å². The van der Waals surface area contributed by atoms with Crippen molar-refractivity contribution in [3.8, 4) is 0 Å². The van der Waals surface area contributed by atoms with Crippen LogP contribution in [0.5, 0.6) is 0 Å². The molecule has 0 N–H and O–H groups in total. The lowest BCUT2D eigenvalue weighted by Gasteiger charge is -2.27. The first-order chi connectivity index (χ1) is 10.3. The van der Waals surface area contributed by atoms with Crippen molar-refractivity contribution in [2.75, 3.05) is 26.3 Å². The molecule has 2 aromatic rings. The molecule has 1 amide bonds. The Labute approximate surface area is 127 Å². The van der Waals surface area contributed by atoms with Crippen LogP contribution >= 0.6 is 11.6 Å². The minimum Gasteiger partial charge on any atom is -0.378 e. The monoisotopic (exact) mass is 308 g/mol. The summed E-state index contributed by atoms with van der Waals surface area (Å²) in [7, 11) is 0. The smallest absolute Gasteiger partial charge is 0.224 e. The lowest BCUT2D eigenvalue weighted by molar-refractivity contribution is -0.135. The van der Waals surface area contributed by atoms with Crippen LogP contribution in [-0.2, 0) is 22.0 Å². The number of carbonyl (C=O) groups excluding carboxylic acids is 1. The standard InChI is InChI=1S/C14H17ClN4O2/c15-10-12-17-11-2-1-4-16-14(11)19(12)5-3-13(20)18-6-8-21-9-7-18/h1-2,4H,3,5-10H2. The first-order valence-corrected chi connectivity index (χ1v) is 7.54. The fraction of sp³-hybridized carbons (Fsp3) is 0.500. The molecule has 0 spiro atoms. The van der Waals surface area contributed by atoms with Gasteiger partial charge in [0.1, 0.15) is 11.3 Å². The molecule has 2 aromatic heterocycles. The van der Waals surface area contributed by atoms with Crippen LogP contribution in [0, 0.1) is 0 Å². The van der Waals surface area contributed by atoms with E-state index in [4.69, 9.17) is 16.3 Å². The van der Waals surface area contributed by atoms with Crippen molar-refractivity contribution in [3.63, 3.8) is 0 Å². The van der Waals surface area contributed by atoms with E-state index in [1.54, 1.807) is 6.20 Å². The summed E-state index contributed by atoms with van der Waals surface area (Å²) in [6.45, 7) is 3.13. The molecule has 0 saturated carbocycles. The maximum Gasteiger partial charge on any atom is 0.224 e. The number of hydrogen-bond acceptors (Lipinski definition) is 4. The van der Waals surface area contributed by atoms with Gasteiger partial charge in [-0.1, -0.05) is 0 Å². The highest BCUT2D eigenvalue weighted by Gasteiger charge is 2.18. The predicted molar refractivity (Wildman–Crippen MR) is 79.1 cm³/mol. The van der Waals surface area contributed by atoms with Gasteiger partial charge in [0.2, 0.25) is 5.91 Å². The normalized spacial score (nSPS) is 15.6. The number of halogens is 1. The van der Waals surface area contributed by atoms with Crippen LogP contribution in [0.25, 0.3) is 11.2 Å². The molecule has 0 aliphatic carbocycles. The summed E-state index contributed by atoms with van der Waals surface area (Å²) in [6.07, 6.45) is 2.15. The highest BCUT2D eigenvalue weighted by atomic mass is 35.5. The number of aryl methyl sites for hydroxylation is 1. The van der Waals surface area contributed by atoms with Gasteiger partial charge in [-0.2, -0.15) is 0 Å². The number of nitrogens with zero attached hydrogens (tertiary/aromatic N) is 4. The van der Waals surface area contributed by atoms with Crippen molar-refractivity contribution >= 4 is 28.7 Å². The summed E-state index contributed by atoms with van der Waals surface area (Å²) in [5.74, 6) is 1.19. The third kappa shape index (κ3) is 3.01. The molecule has 0 radical (unpaired) electrons. The number of fused-ring (bicyclic) bond motifs is 1. The Morgan fingerprint density at radius 2 is 2.19 bits per heavy atom. The summed E-state index contributed by atoms with van der Waals surface area (Å²) in [6, 6.07) is 3.75. The molecule has 1 aliphatic rings. The van der Waals surface area contributed by atoms with Gasteiger partial charge in [-0.3, -0.25) is 4.79 Å². The quantitative estimate of drug-likeness (QED) is 0.802. The molecule has 7 heteroatoms. The Balaban J connectivity index is 1.73. The summed E-state index contributed by atoms with van der Waals surface area (Å²) >= 11 is 5.94. The van der Waals surface area contributed by atoms with Gasteiger partial charge in [-0.05, 0) is 12.1 Å². The van der Waals surface area contributed by atoms with E-state index < -0.39 is 0 Å². The Morgan fingerprint density at radius 1 is 1.38 bits per heavy atom. The molecule has 0 bridgehead atoms. The number of aromatic nitrogens is 3. The number of rotatable bonds is 4. The zero-order chi connectivity index (χ0) is 14.7. The molecular weight excluding hydrogens is 292 g/mol. The number of ether oxygens (including phenoxy) is 1. The van der Waals surface area contributed by atoms with Crippen LogP contribution in [0.2, 0.25) is 0 Å². The number of carbonyl (C=O) groups is 1. The molecule has 112 valence electrons. The van der Waals surface area contributed by atoms with Crippen LogP contribution in [0.15, 0.2) is 18.3 Å². The van der Waals surface area contributed by atoms with Crippen molar-refractivity contribution in [3.05, 3.63) is 24.2 Å². The first kappa shape index (κ1) is 14.3. The highest BCUT2D eigenvalue weighted by Crippen LogP contribution is 2.16. The molecular formula is C14H17ClN4O2. The first-order valence-electron chi connectivity index (χ1n) is 7.01. The molecule has 3 rings (SSSR count). The molecule has 1 saturated heterocycles. The van der Waals surface area contributed by atoms with E-state index in [9.17, 15) is 4.79 Å². The molecule has 0 aromatic carbocycles. The minimum atomic E-state index is 0.136. The fourth-order valence-electron chi connectivity index (χ4n) is 2.52. The Kier molecular flexibility index (Phi) is 4.36. The third-order valence-electron chi connectivity index (χ3n) is 3.62. The molecule has 21 heavy (non-hydrogen) atoms. The fourth-order valence-corrected chi connectivity index (χ4v) is 2.72. The van der Waals surface area contributed by atoms with E-state index in [2.05, 4.69) is 9.97 Å². The van der Waals surface area contributed by atoms with Crippen molar-refractivity contribution < 1.29 is 9.53 Å².